The van der Waals surface area contributed by atoms with Gasteiger partial charge in [-0.2, -0.15) is 5.26 Å². The van der Waals surface area contributed by atoms with Crippen molar-refractivity contribution in [2.45, 2.75) is 32.6 Å². The number of benzene rings is 3. The number of ether oxygens (including phenoxy) is 1. The summed E-state index contributed by atoms with van der Waals surface area (Å²) >= 11 is 6.44. The lowest BCUT2D eigenvalue weighted by Gasteiger charge is -2.30. The second-order valence-electron chi connectivity index (χ2n) is 10.0. The number of amides is 2. The highest BCUT2D eigenvalue weighted by atomic mass is 35.5. The van der Waals surface area contributed by atoms with Gasteiger partial charge in [-0.05, 0) is 79.8 Å². The molecule has 2 aliphatic rings. The molecule has 0 aromatic heterocycles. The average Bonchev–Trinajstić information content (AvgIpc) is 3.82. The Morgan fingerprint density at radius 1 is 1.12 bits per heavy atom. The zero-order valence-electron chi connectivity index (χ0n) is 22.1. The molecule has 0 bridgehead atoms. The van der Waals surface area contributed by atoms with Gasteiger partial charge < -0.3 is 10.5 Å². The predicted octanol–water partition coefficient (Wildman–Crippen LogP) is 5.77. The van der Waals surface area contributed by atoms with Gasteiger partial charge in [0, 0.05) is 28.6 Å². The second-order valence-corrected chi connectivity index (χ2v) is 10.4. The molecule has 1 saturated carbocycles. The molecule has 0 saturated heterocycles. The summed E-state index contributed by atoms with van der Waals surface area (Å²) in [6.45, 7) is 1.83. The van der Waals surface area contributed by atoms with Gasteiger partial charge in [0.05, 0.1) is 33.2 Å². The number of ketones is 1. The normalized spacial score (nSPS) is 15.0. The van der Waals surface area contributed by atoms with Crippen LogP contribution in [0.3, 0.4) is 0 Å². The number of hydrogen-bond acceptors (Lipinski definition) is 7. The van der Waals surface area contributed by atoms with E-state index in [0.717, 1.165) is 24.0 Å². The maximum atomic E-state index is 13.2. The molecule has 1 aliphatic heterocycles. The van der Waals surface area contributed by atoms with E-state index >= 15 is 0 Å². The third-order valence-corrected chi connectivity index (χ3v) is 7.60. The summed E-state index contributed by atoms with van der Waals surface area (Å²) in [6.07, 6.45) is 2.25. The van der Waals surface area contributed by atoms with Crippen molar-refractivity contribution in [1.29, 1.82) is 5.26 Å². The number of nitroso groups, excluding NO2 is 1. The van der Waals surface area contributed by atoms with E-state index in [9.17, 15) is 24.6 Å². The summed E-state index contributed by atoms with van der Waals surface area (Å²) in [5.41, 5.74) is 10.3. The van der Waals surface area contributed by atoms with E-state index < -0.39 is 5.91 Å². The highest BCUT2D eigenvalue weighted by molar-refractivity contribution is 6.32. The van der Waals surface area contributed by atoms with Gasteiger partial charge in [-0.3, -0.25) is 19.3 Å². The lowest BCUT2D eigenvalue weighted by molar-refractivity contribution is -0.118. The Kier molecular flexibility index (Phi) is 7.68. The van der Waals surface area contributed by atoms with E-state index in [0.29, 0.717) is 39.7 Å². The van der Waals surface area contributed by atoms with Crippen molar-refractivity contribution in [2.24, 2.45) is 16.8 Å². The number of rotatable bonds is 8. The number of carbonyl (C=O) groups excluding carboxylic acids is 3. The average molecular weight is 569 g/mol. The summed E-state index contributed by atoms with van der Waals surface area (Å²) in [5.74, 6) is -0.859. The SMILES string of the molecule is Cc1cccc(Cl)c1C(N)=C(COc1ccc2c(c1)CCC(=O)N2c1ccc(C(=O)N=O)cc1C#N)C(=O)C1CC1. The van der Waals surface area contributed by atoms with Crippen LogP contribution in [0.5, 0.6) is 5.75 Å². The standard InChI is InChI=1S/C31H25ClN4O5/c1-17-3-2-4-24(32)28(17)29(34)23(30(38)18-5-6-18)16-41-22-9-11-25-19(14-22)8-12-27(37)36(25)26-10-7-20(31(39)35-40)13-21(26)15-33/h2-4,7,9-11,13-14,18H,5-6,8,12,16,34H2,1H3. The van der Waals surface area contributed by atoms with Crippen molar-refractivity contribution >= 4 is 46.3 Å². The van der Waals surface area contributed by atoms with Gasteiger partial charge in [0.25, 0.3) is 0 Å². The first-order valence-electron chi connectivity index (χ1n) is 13.0. The molecule has 1 fully saturated rings. The maximum absolute atomic E-state index is 13.2. The molecule has 5 rings (SSSR count). The van der Waals surface area contributed by atoms with Crippen molar-refractivity contribution in [3.8, 4) is 11.8 Å². The summed E-state index contributed by atoms with van der Waals surface area (Å²) in [7, 11) is 0. The van der Waals surface area contributed by atoms with Crippen LogP contribution < -0.4 is 15.4 Å². The Hall–Kier alpha value is -4.81. The number of nitriles is 1. The Balaban J connectivity index is 1.45. The molecule has 0 unspecified atom stereocenters. The maximum Gasteiger partial charge on any atom is 0.316 e. The number of halogens is 1. The van der Waals surface area contributed by atoms with Gasteiger partial charge in [0.2, 0.25) is 5.91 Å². The molecule has 1 aliphatic carbocycles. The van der Waals surface area contributed by atoms with Gasteiger partial charge in [-0.15, -0.1) is 4.91 Å². The fourth-order valence-corrected chi connectivity index (χ4v) is 5.30. The molecule has 0 spiro atoms. The van der Waals surface area contributed by atoms with Crippen LogP contribution in [0.15, 0.2) is 65.3 Å². The van der Waals surface area contributed by atoms with Crippen LogP contribution >= 0.6 is 11.6 Å². The van der Waals surface area contributed by atoms with Crippen molar-refractivity contribution in [3.05, 3.63) is 97.9 Å². The molecular weight excluding hydrogens is 544 g/mol. The Labute approximate surface area is 241 Å². The molecule has 0 radical (unpaired) electrons. The minimum absolute atomic E-state index is 0.0374. The smallest absolute Gasteiger partial charge is 0.316 e. The minimum atomic E-state index is -1.00. The van der Waals surface area contributed by atoms with Crippen molar-refractivity contribution < 1.29 is 19.1 Å². The number of nitrogens with zero attached hydrogens (tertiary/aromatic N) is 3. The van der Waals surface area contributed by atoms with Gasteiger partial charge in [0.1, 0.15) is 18.4 Å². The van der Waals surface area contributed by atoms with Crippen LogP contribution in [-0.2, 0) is 16.0 Å². The van der Waals surface area contributed by atoms with E-state index in [1.165, 1.54) is 23.1 Å². The number of fused-ring (bicyclic) bond motifs is 1. The molecule has 2 amide bonds. The molecule has 10 heteroatoms. The van der Waals surface area contributed by atoms with Gasteiger partial charge in [-0.1, -0.05) is 23.7 Å². The first-order chi connectivity index (χ1) is 19.7. The number of Topliss-reactive ketones (excluding diaryl/α,β-unsaturated/α-hetero) is 1. The quantitative estimate of drug-likeness (QED) is 0.268. The molecule has 0 atom stereocenters. The largest absolute Gasteiger partial charge is 0.489 e. The van der Waals surface area contributed by atoms with Gasteiger partial charge in [0.15, 0.2) is 5.78 Å². The van der Waals surface area contributed by atoms with Crippen molar-refractivity contribution in [2.75, 3.05) is 11.5 Å². The second kappa shape index (κ2) is 11.4. The first-order valence-corrected chi connectivity index (χ1v) is 13.4. The molecule has 2 N–H and O–H groups in total. The topological polar surface area (TPSA) is 143 Å². The third-order valence-electron chi connectivity index (χ3n) is 7.28. The summed E-state index contributed by atoms with van der Waals surface area (Å²) in [6, 6.07) is 16.7. The van der Waals surface area contributed by atoms with Crippen LogP contribution in [0.1, 0.15) is 51.9 Å². The van der Waals surface area contributed by atoms with Crippen LogP contribution in [-0.4, -0.2) is 24.2 Å². The highest BCUT2D eigenvalue weighted by Crippen LogP contribution is 2.39. The Morgan fingerprint density at radius 3 is 2.56 bits per heavy atom. The van der Waals surface area contributed by atoms with Crippen molar-refractivity contribution in [3.63, 3.8) is 0 Å². The molecule has 206 valence electrons. The van der Waals surface area contributed by atoms with Gasteiger partial charge >= 0.3 is 5.91 Å². The van der Waals surface area contributed by atoms with E-state index in [4.69, 9.17) is 22.1 Å². The minimum Gasteiger partial charge on any atom is -0.489 e. The van der Waals surface area contributed by atoms with E-state index in [2.05, 4.69) is 5.18 Å². The number of anilines is 2. The first kappa shape index (κ1) is 27.7. The molecule has 1 heterocycles. The summed E-state index contributed by atoms with van der Waals surface area (Å²) in [5, 5.41) is 12.6. The third kappa shape index (κ3) is 5.47. The molecule has 3 aromatic rings. The summed E-state index contributed by atoms with van der Waals surface area (Å²) < 4.78 is 6.09. The Morgan fingerprint density at radius 2 is 1.88 bits per heavy atom. The molecule has 3 aromatic carbocycles. The van der Waals surface area contributed by atoms with E-state index in [1.807, 2.05) is 25.1 Å². The summed E-state index contributed by atoms with van der Waals surface area (Å²) in [4.78, 5) is 50.0. The van der Waals surface area contributed by atoms with Crippen LogP contribution in [0.25, 0.3) is 5.70 Å². The lowest BCUT2D eigenvalue weighted by atomic mass is 9.97. The molecule has 41 heavy (non-hydrogen) atoms. The zero-order valence-corrected chi connectivity index (χ0v) is 22.9. The zero-order chi connectivity index (χ0) is 29.3. The van der Waals surface area contributed by atoms with Crippen LogP contribution in [0.4, 0.5) is 11.4 Å². The molecule has 9 nitrogen and oxygen atoms in total. The van der Waals surface area contributed by atoms with Crippen LogP contribution in [0.2, 0.25) is 5.02 Å². The van der Waals surface area contributed by atoms with E-state index in [1.54, 1.807) is 24.3 Å². The lowest BCUT2D eigenvalue weighted by Crippen LogP contribution is -2.31. The highest BCUT2D eigenvalue weighted by Gasteiger charge is 2.34. The fourth-order valence-electron chi connectivity index (χ4n) is 4.98. The number of aryl methyl sites for hydroxylation is 2. The Bertz CT molecular complexity index is 1670. The monoisotopic (exact) mass is 568 g/mol. The fraction of sp³-hybridized carbons (Fsp3) is 0.226. The molecular formula is C31H25ClN4O5. The van der Waals surface area contributed by atoms with E-state index in [-0.39, 0.29) is 47.5 Å². The van der Waals surface area contributed by atoms with Gasteiger partial charge in [-0.25, -0.2) is 0 Å². The number of nitrogens with two attached hydrogens (primary N) is 1. The predicted molar refractivity (Wildman–Crippen MR) is 154 cm³/mol. The van der Waals surface area contributed by atoms with Crippen LogP contribution in [0, 0.1) is 29.1 Å². The van der Waals surface area contributed by atoms with Crippen molar-refractivity contribution in [1.82, 2.24) is 0 Å². The number of hydrogen-bond donors (Lipinski definition) is 1. The number of carbonyl (C=O) groups is 3.